The molecule has 4 heteroatoms. The lowest BCUT2D eigenvalue weighted by Crippen LogP contribution is -2.34. The fourth-order valence-electron chi connectivity index (χ4n) is 1.53. The average molecular weight is 200 g/mol. The first-order valence-electron chi connectivity index (χ1n) is 5.38. The van der Waals surface area contributed by atoms with Crippen LogP contribution in [-0.2, 0) is 9.53 Å². The summed E-state index contributed by atoms with van der Waals surface area (Å²) in [4.78, 5) is 11.2. The molecule has 1 heterocycles. The van der Waals surface area contributed by atoms with Gasteiger partial charge in [0.15, 0.2) is 0 Å². The molecule has 2 N–H and O–H groups in total. The van der Waals surface area contributed by atoms with E-state index in [9.17, 15) is 4.79 Å². The van der Waals surface area contributed by atoms with Crippen molar-refractivity contribution >= 4 is 5.91 Å². The van der Waals surface area contributed by atoms with E-state index in [1.807, 2.05) is 6.92 Å². The van der Waals surface area contributed by atoms with Crippen LogP contribution in [0.2, 0.25) is 0 Å². The summed E-state index contributed by atoms with van der Waals surface area (Å²) in [5.41, 5.74) is 0. The molecule has 1 rings (SSSR count). The minimum Gasteiger partial charge on any atom is -0.381 e. The molecule has 0 aromatic heterocycles. The number of hydrogen-bond donors (Lipinski definition) is 2. The summed E-state index contributed by atoms with van der Waals surface area (Å²) in [7, 11) is 0. The van der Waals surface area contributed by atoms with E-state index >= 15 is 0 Å². The number of carbonyl (C=O) groups is 1. The lowest BCUT2D eigenvalue weighted by molar-refractivity contribution is -0.120. The molecular weight excluding hydrogens is 180 g/mol. The molecule has 0 aromatic carbocycles. The zero-order chi connectivity index (χ0) is 10.2. The van der Waals surface area contributed by atoms with E-state index in [4.69, 9.17) is 4.74 Å². The van der Waals surface area contributed by atoms with Gasteiger partial charge in [-0.05, 0) is 25.3 Å². The number of hydrogen-bond acceptors (Lipinski definition) is 3. The van der Waals surface area contributed by atoms with Crippen LogP contribution in [0.15, 0.2) is 0 Å². The Bertz CT molecular complexity index is 168. The standard InChI is InChI=1S/C10H20N2O2/c1-2-11-7-10(13)12-5-3-9-4-6-14-8-9/h9,11H,2-8H2,1H3,(H,12,13). The predicted molar refractivity (Wildman–Crippen MR) is 55.1 cm³/mol. The second-order valence-electron chi connectivity index (χ2n) is 3.65. The van der Waals surface area contributed by atoms with Gasteiger partial charge in [0.2, 0.25) is 5.91 Å². The summed E-state index contributed by atoms with van der Waals surface area (Å²) in [6.07, 6.45) is 2.18. The quantitative estimate of drug-likeness (QED) is 0.641. The van der Waals surface area contributed by atoms with Crippen LogP contribution >= 0.6 is 0 Å². The highest BCUT2D eigenvalue weighted by Crippen LogP contribution is 2.14. The molecule has 0 bridgehead atoms. The molecule has 0 aliphatic carbocycles. The average Bonchev–Trinajstić information content (AvgIpc) is 2.67. The van der Waals surface area contributed by atoms with Gasteiger partial charge in [0.05, 0.1) is 6.54 Å². The van der Waals surface area contributed by atoms with Crippen molar-refractivity contribution in [2.24, 2.45) is 5.92 Å². The number of nitrogens with one attached hydrogen (secondary N) is 2. The van der Waals surface area contributed by atoms with Gasteiger partial charge >= 0.3 is 0 Å². The van der Waals surface area contributed by atoms with Crippen LogP contribution in [0.5, 0.6) is 0 Å². The molecule has 4 nitrogen and oxygen atoms in total. The smallest absolute Gasteiger partial charge is 0.233 e. The summed E-state index contributed by atoms with van der Waals surface area (Å²) in [6, 6.07) is 0. The zero-order valence-corrected chi connectivity index (χ0v) is 8.84. The van der Waals surface area contributed by atoms with E-state index in [0.717, 1.165) is 39.1 Å². The van der Waals surface area contributed by atoms with Crippen LogP contribution in [0.3, 0.4) is 0 Å². The highest BCUT2D eigenvalue weighted by atomic mass is 16.5. The Hall–Kier alpha value is -0.610. The SMILES string of the molecule is CCNCC(=O)NCCC1CCOC1. The minimum atomic E-state index is 0.0887. The van der Waals surface area contributed by atoms with Gasteiger partial charge in [0.1, 0.15) is 0 Å². The van der Waals surface area contributed by atoms with E-state index in [0.29, 0.717) is 12.5 Å². The van der Waals surface area contributed by atoms with Crippen LogP contribution in [0.4, 0.5) is 0 Å². The molecule has 0 saturated carbocycles. The van der Waals surface area contributed by atoms with E-state index < -0.39 is 0 Å². The second kappa shape index (κ2) is 6.79. The van der Waals surface area contributed by atoms with E-state index in [-0.39, 0.29) is 5.91 Å². The van der Waals surface area contributed by atoms with Crippen molar-refractivity contribution in [3.05, 3.63) is 0 Å². The zero-order valence-electron chi connectivity index (χ0n) is 8.84. The maximum atomic E-state index is 11.2. The summed E-state index contributed by atoms with van der Waals surface area (Å²) < 4.78 is 5.25. The molecule has 14 heavy (non-hydrogen) atoms. The maximum absolute atomic E-state index is 11.2. The van der Waals surface area contributed by atoms with Crippen LogP contribution in [-0.4, -0.2) is 38.8 Å². The second-order valence-corrected chi connectivity index (χ2v) is 3.65. The Morgan fingerprint density at radius 2 is 2.43 bits per heavy atom. The summed E-state index contributed by atoms with van der Waals surface area (Å²) in [5.74, 6) is 0.736. The monoisotopic (exact) mass is 200 g/mol. The number of carbonyl (C=O) groups excluding carboxylic acids is 1. The van der Waals surface area contributed by atoms with Crippen molar-refractivity contribution < 1.29 is 9.53 Å². The van der Waals surface area contributed by atoms with Crippen molar-refractivity contribution in [3.63, 3.8) is 0 Å². The number of likely N-dealkylation sites (N-methyl/N-ethyl adjacent to an activating group) is 1. The molecule has 1 atom stereocenters. The van der Waals surface area contributed by atoms with Gasteiger partial charge in [-0.15, -0.1) is 0 Å². The highest BCUT2D eigenvalue weighted by molar-refractivity contribution is 5.77. The van der Waals surface area contributed by atoms with Crippen LogP contribution < -0.4 is 10.6 Å². The topological polar surface area (TPSA) is 50.4 Å². The molecule has 1 aliphatic heterocycles. The molecule has 0 radical (unpaired) electrons. The largest absolute Gasteiger partial charge is 0.381 e. The number of ether oxygens (including phenoxy) is 1. The van der Waals surface area contributed by atoms with Crippen molar-refractivity contribution in [1.82, 2.24) is 10.6 Å². The number of amides is 1. The highest BCUT2D eigenvalue weighted by Gasteiger charge is 2.14. The number of rotatable bonds is 6. The van der Waals surface area contributed by atoms with Crippen molar-refractivity contribution in [1.29, 1.82) is 0 Å². The Morgan fingerprint density at radius 1 is 1.57 bits per heavy atom. The molecule has 1 unspecified atom stereocenters. The molecule has 1 aliphatic rings. The van der Waals surface area contributed by atoms with Gasteiger partial charge in [-0.2, -0.15) is 0 Å². The molecule has 1 saturated heterocycles. The third-order valence-corrected chi connectivity index (χ3v) is 2.43. The fourth-order valence-corrected chi connectivity index (χ4v) is 1.53. The Balaban J connectivity index is 1.94. The molecule has 0 spiro atoms. The van der Waals surface area contributed by atoms with Gasteiger partial charge < -0.3 is 15.4 Å². The van der Waals surface area contributed by atoms with E-state index in [1.54, 1.807) is 0 Å². The van der Waals surface area contributed by atoms with Gasteiger partial charge in [-0.25, -0.2) is 0 Å². The molecule has 1 fully saturated rings. The van der Waals surface area contributed by atoms with Crippen molar-refractivity contribution in [2.75, 3.05) is 32.8 Å². The molecule has 0 aromatic rings. The normalized spacial score (nSPS) is 21.1. The first-order valence-corrected chi connectivity index (χ1v) is 5.38. The van der Waals surface area contributed by atoms with Crippen LogP contribution in [0.1, 0.15) is 19.8 Å². The summed E-state index contributed by atoms with van der Waals surface area (Å²) >= 11 is 0. The van der Waals surface area contributed by atoms with Crippen LogP contribution in [0, 0.1) is 5.92 Å². The Labute approximate surface area is 85.4 Å². The first kappa shape index (κ1) is 11.5. The van der Waals surface area contributed by atoms with Gasteiger partial charge in [0.25, 0.3) is 0 Å². The van der Waals surface area contributed by atoms with Gasteiger partial charge in [-0.1, -0.05) is 6.92 Å². The molecule has 82 valence electrons. The van der Waals surface area contributed by atoms with Gasteiger partial charge in [0, 0.05) is 19.8 Å². The minimum absolute atomic E-state index is 0.0887. The lowest BCUT2D eigenvalue weighted by Gasteiger charge is -2.08. The van der Waals surface area contributed by atoms with Crippen LogP contribution in [0.25, 0.3) is 0 Å². The third kappa shape index (κ3) is 4.58. The van der Waals surface area contributed by atoms with Crippen molar-refractivity contribution in [2.45, 2.75) is 19.8 Å². The summed E-state index contributed by atoms with van der Waals surface area (Å²) in [5, 5.41) is 5.88. The third-order valence-electron chi connectivity index (χ3n) is 2.43. The van der Waals surface area contributed by atoms with Gasteiger partial charge in [-0.3, -0.25) is 4.79 Å². The van der Waals surface area contributed by atoms with E-state index in [2.05, 4.69) is 10.6 Å². The fraction of sp³-hybridized carbons (Fsp3) is 0.900. The molecule has 1 amide bonds. The molecular formula is C10H20N2O2. The summed E-state index contributed by atoms with van der Waals surface area (Å²) in [6.45, 7) is 5.78. The lowest BCUT2D eigenvalue weighted by atomic mass is 10.1. The van der Waals surface area contributed by atoms with Crippen molar-refractivity contribution in [3.8, 4) is 0 Å². The maximum Gasteiger partial charge on any atom is 0.233 e. The Morgan fingerprint density at radius 3 is 3.07 bits per heavy atom. The first-order chi connectivity index (χ1) is 6.83. The van der Waals surface area contributed by atoms with E-state index in [1.165, 1.54) is 0 Å². The predicted octanol–water partition coefficient (Wildman–Crippen LogP) is 0.139. The Kier molecular flexibility index (Phi) is 5.56.